The minimum atomic E-state index is -0.140. The van der Waals surface area contributed by atoms with E-state index in [2.05, 4.69) is 36.0 Å². The second kappa shape index (κ2) is 6.74. The number of nitrogens with two attached hydrogens (primary N) is 1. The van der Waals surface area contributed by atoms with Crippen LogP contribution in [-0.4, -0.2) is 19.9 Å². The number of nitrogen functional groups attached to an aromatic ring is 1. The smallest absolute Gasteiger partial charge is 0.210 e. The van der Waals surface area contributed by atoms with Gasteiger partial charge in [0, 0.05) is 22.1 Å². The molecular formula is C16H18ClN5S2. The number of benzene rings is 1. The van der Waals surface area contributed by atoms with Gasteiger partial charge in [-0.2, -0.15) is 0 Å². The average molecular weight is 380 g/mol. The van der Waals surface area contributed by atoms with E-state index in [9.17, 15) is 0 Å². The van der Waals surface area contributed by atoms with Gasteiger partial charge in [-0.05, 0) is 6.07 Å². The lowest BCUT2D eigenvalue weighted by atomic mass is 9.96. The summed E-state index contributed by atoms with van der Waals surface area (Å²) in [5.74, 6) is 7.55. The molecule has 1 aromatic carbocycles. The standard InChI is InChI=1S/C16H18ClN5S2/c1-16(2,3)14-20-21-15(22(14)18)24-9-10-8-23-13(19-10)11-6-4-5-7-12(11)17/h4-8H,9,18H2,1-3H3. The zero-order chi connectivity index (χ0) is 17.3. The minimum absolute atomic E-state index is 0.140. The molecule has 0 amide bonds. The van der Waals surface area contributed by atoms with Crippen LogP contribution >= 0.6 is 34.7 Å². The van der Waals surface area contributed by atoms with Crippen LogP contribution in [0.3, 0.4) is 0 Å². The zero-order valence-corrected chi connectivity index (χ0v) is 16.0. The molecule has 5 nitrogen and oxygen atoms in total. The van der Waals surface area contributed by atoms with Gasteiger partial charge in [-0.15, -0.1) is 21.5 Å². The lowest BCUT2D eigenvalue weighted by molar-refractivity contribution is 0.523. The van der Waals surface area contributed by atoms with E-state index in [0.29, 0.717) is 15.9 Å². The van der Waals surface area contributed by atoms with Crippen molar-refractivity contribution in [3.8, 4) is 10.6 Å². The number of aromatic nitrogens is 4. The van der Waals surface area contributed by atoms with E-state index in [1.54, 1.807) is 16.0 Å². The van der Waals surface area contributed by atoms with Gasteiger partial charge in [-0.1, -0.05) is 62.3 Å². The van der Waals surface area contributed by atoms with Crippen molar-refractivity contribution in [3.05, 3.63) is 46.2 Å². The van der Waals surface area contributed by atoms with Crippen molar-refractivity contribution < 1.29 is 0 Å². The molecule has 2 heterocycles. The third kappa shape index (κ3) is 3.58. The quantitative estimate of drug-likeness (QED) is 0.538. The highest BCUT2D eigenvalue weighted by Gasteiger charge is 2.23. The van der Waals surface area contributed by atoms with Gasteiger partial charge in [-0.3, -0.25) is 0 Å². The zero-order valence-electron chi connectivity index (χ0n) is 13.7. The van der Waals surface area contributed by atoms with Gasteiger partial charge in [0.15, 0.2) is 5.82 Å². The Morgan fingerprint density at radius 1 is 1.25 bits per heavy atom. The van der Waals surface area contributed by atoms with Crippen molar-refractivity contribution in [1.29, 1.82) is 0 Å². The maximum Gasteiger partial charge on any atom is 0.210 e. The molecule has 3 aromatic rings. The second-order valence-corrected chi connectivity index (χ2v) is 8.55. The van der Waals surface area contributed by atoms with E-state index in [4.69, 9.17) is 17.4 Å². The van der Waals surface area contributed by atoms with Crippen LogP contribution in [-0.2, 0) is 11.2 Å². The van der Waals surface area contributed by atoms with Crippen molar-refractivity contribution in [1.82, 2.24) is 19.9 Å². The highest BCUT2D eigenvalue weighted by Crippen LogP contribution is 2.32. The van der Waals surface area contributed by atoms with Crippen molar-refractivity contribution >= 4 is 34.7 Å². The minimum Gasteiger partial charge on any atom is -0.336 e. The third-order valence-electron chi connectivity index (χ3n) is 3.34. The van der Waals surface area contributed by atoms with E-state index in [0.717, 1.165) is 22.1 Å². The van der Waals surface area contributed by atoms with Gasteiger partial charge < -0.3 is 5.84 Å². The highest BCUT2D eigenvalue weighted by atomic mass is 35.5. The Labute approximate surface area is 154 Å². The molecule has 3 rings (SSSR count). The summed E-state index contributed by atoms with van der Waals surface area (Å²) in [7, 11) is 0. The van der Waals surface area contributed by atoms with Crippen molar-refractivity contribution in [2.24, 2.45) is 0 Å². The first kappa shape index (κ1) is 17.3. The fourth-order valence-electron chi connectivity index (χ4n) is 2.16. The molecule has 0 bridgehead atoms. The summed E-state index contributed by atoms with van der Waals surface area (Å²) in [5.41, 5.74) is 1.79. The van der Waals surface area contributed by atoms with E-state index >= 15 is 0 Å². The molecule has 0 aliphatic heterocycles. The summed E-state index contributed by atoms with van der Waals surface area (Å²) in [6, 6.07) is 7.72. The summed E-state index contributed by atoms with van der Waals surface area (Å²) >= 11 is 9.34. The molecule has 0 spiro atoms. The van der Waals surface area contributed by atoms with E-state index in [1.807, 2.05) is 29.6 Å². The lowest BCUT2D eigenvalue weighted by Crippen LogP contribution is -2.24. The number of hydrogen-bond donors (Lipinski definition) is 1. The first-order chi connectivity index (χ1) is 11.4. The Hall–Kier alpha value is -1.57. The molecule has 2 aromatic heterocycles. The largest absolute Gasteiger partial charge is 0.336 e. The third-order valence-corrected chi connectivity index (χ3v) is 5.57. The topological polar surface area (TPSA) is 69.6 Å². The SMILES string of the molecule is CC(C)(C)c1nnc(SCc2csc(-c3ccccc3Cl)n2)n1N. The number of thiazole rings is 1. The normalized spacial score (nSPS) is 11.8. The van der Waals surface area contributed by atoms with E-state index < -0.39 is 0 Å². The molecule has 0 radical (unpaired) electrons. The number of halogens is 1. The van der Waals surface area contributed by atoms with Crippen molar-refractivity contribution in [2.75, 3.05) is 5.84 Å². The van der Waals surface area contributed by atoms with Gasteiger partial charge in [0.2, 0.25) is 5.16 Å². The Balaban J connectivity index is 1.73. The lowest BCUT2D eigenvalue weighted by Gasteiger charge is -2.16. The van der Waals surface area contributed by atoms with Gasteiger partial charge in [0.1, 0.15) is 5.01 Å². The van der Waals surface area contributed by atoms with Crippen LogP contribution in [0.1, 0.15) is 32.3 Å². The van der Waals surface area contributed by atoms with Gasteiger partial charge in [0.25, 0.3) is 0 Å². The molecular weight excluding hydrogens is 362 g/mol. The number of rotatable bonds is 4. The van der Waals surface area contributed by atoms with Crippen molar-refractivity contribution in [2.45, 2.75) is 37.1 Å². The monoisotopic (exact) mass is 379 g/mol. The molecule has 126 valence electrons. The fourth-order valence-corrected chi connectivity index (χ4v) is 4.15. The Kier molecular flexibility index (Phi) is 4.85. The molecule has 2 N–H and O–H groups in total. The molecule has 0 unspecified atom stereocenters. The fraction of sp³-hybridized carbons (Fsp3) is 0.312. The van der Waals surface area contributed by atoms with E-state index in [-0.39, 0.29) is 5.41 Å². The molecule has 24 heavy (non-hydrogen) atoms. The second-order valence-electron chi connectivity index (χ2n) is 6.34. The van der Waals surface area contributed by atoms with Gasteiger partial charge in [0.05, 0.1) is 10.7 Å². The Bertz CT molecular complexity index is 850. The molecule has 0 atom stereocenters. The van der Waals surface area contributed by atoms with Crippen LogP contribution in [0.5, 0.6) is 0 Å². The van der Waals surface area contributed by atoms with Crippen LogP contribution in [0.25, 0.3) is 10.6 Å². The maximum absolute atomic E-state index is 6.23. The van der Waals surface area contributed by atoms with Crippen LogP contribution < -0.4 is 5.84 Å². The van der Waals surface area contributed by atoms with Crippen LogP contribution in [0.4, 0.5) is 0 Å². The van der Waals surface area contributed by atoms with Crippen LogP contribution in [0.15, 0.2) is 34.8 Å². The highest BCUT2D eigenvalue weighted by molar-refractivity contribution is 7.98. The Morgan fingerprint density at radius 3 is 2.67 bits per heavy atom. The molecule has 0 aliphatic rings. The predicted molar refractivity (Wildman–Crippen MR) is 101 cm³/mol. The average Bonchev–Trinajstić information content (AvgIpc) is 3.12. The summed E-state index contributed by atoms with van der Waals surface area (Å²) in [6.07, 6.45) is 0. The molecule has 8 heteroatoms. The molecule has 0 saturated heterocycles. The van der Waals surface area contributed by atoms with Gasteiger partial charge in [-0.25, -0.2) is 9.66 Å². The molecule has 0 fully saturated rings. The van der Waals surface area contributed by atoms with Crippen LogP contribution in [0.2, 0.25) is 5.02 Å². The summed E-state index contributed by atoms with van der Waals surface area (Å²) < 4.78 is 1.56. The van der Waals surface area contributed by atoms with E-state index in [1.165, 1.54) is 11.8 Å². The summed E-state index contributed by atoms with van der Waals surface area (Å²) in [6.45, 7) is 6.18. The van der Waals surface area contributed by atoms with Crippen molar-refractivity contribution in [3.63, 3.8) is 0 Å². The summed E-state index contributed by atoms with van der Waals surface area (Å²) in [4.78, 5) is 4.66. The Morgan fingerprint density at radius 2 is 2.00 bits per heavy atom. The number of nitrogens with zero attached hydrogens (tertiary/aromatic N) is 4. The maximum atomic E-state index is 6.23. The predicted octanol–water partition coefficient (Wildman–Crippen LogP) is 4.36. The summed E-state index contributed by atoms with van der Waals surface area (Å²) in [5, 5.41) is 12.7. The first-order valence-corrected chi connectivity index (χ1v) is 9.63. The number of thioether (sulfide) groups is 1. The molecule has 0 aliphatic carbocycles. The first-order valence-electron chi connectivity index (χ1n) is 7.39. The number of hydrogen-bond acceptors (Lipinski definition) is 6. The van der Waals surface area contributed by atoms with Gasteiger partial charge >= 0.3 is 0 Å². The van der Waals surface area contributed by atoms with Crippen LogP contribution in [0, 0.1) is 0 Å². The molecule has 0 saturated carbocycles.